The Hall–Kier alpha value is -1.20. The van der Waals surface area contributed by atoms with Gasteiger partial charge in [-0.25, -0.2) is 4.98 Å². The van der Waals surface area contributed by atoms with Crippen LogP contribution in [-0.2, 0) is 17.7 Å². The molecule has 0 saturated carbocycles. The smallest absolute Gasteiger partial charge is 0.255 e. The largest absolute Gasteiger partial charge is 0.374 e. The van der Waals surface area contributed by atoms with Gasteiger partial charge in [0.25, 0.3) is 5.56 Å². The fraction of sp³-hybridized carbons (Fsp3) is 0.692. The van der Waals surface area contributed by atoms with Crippen LogP contribution in [0.3, 0.4) is 0 Å². The van der Waals surface area contributed by atoms with Crippen LogP contribution in [-0.4, -0.2) is 28.7 Å². The number of H-pyrrole nitrogens is 1. The monoisotopic (exact) mass is 247 g/mol. The number of aromatic nitrogens is 2. The van der Waals surface area contributed by atoms with Gasteiger partial charge in [-0.05, 0) is 19.3 Å². The Morgan fingerprint density at radius 1 is 1.33 bits per heavy atom. The summed E-state index contributed by atoms with van der Waals surface area (Å²) in [5.74, 6) is 1.16. The molecule has 18 heavy (non-hydrogen) atoms. The molecule has 0 radical (unpaired) electrons. The molecule has 5 nitrogen and oxygen atoms in total. The van der Waals surface area contributed by atoms with Gasteiger partial charge < -0.3 is 15.0 Å². The van der Waals surface area contributed by atoms with Crippen molar-refractivity contribution in [1.29, 1.82) is 0 Å². The summed E-state index contributed by atoms with van der Waals surface area (Å²) < 4.78 is 5.85. The Morgan fingerprint density at radius 3 is 3.06 bits per heavy atom. The molecule has 0 spiro atoms. The Bertz CT molecular complexity index is 540. The second-order valence-electron chi connectivity index (χ2n) is 5.52. The van der Waals surface area contributed by atoms with Gasteiger partial charge in [0.15, 0.2) is 0 Å². The molecule has 2 bridgehead atoms. The summed E-state index contributed by atoms with van der Waals surface area (Å²) in [6, 6.07) is 0. The molecule has 2 fully saturated rings. The van der Waals surface area contributed by atoms with Crippen molar-refractivity contribution in [3.05, 3.63) is 27.4 Å². The molecule has 3 aliphatic heterocycles. The summed E-state index contributed by atoms with van der Waals surface area (Å²) in [6.07, 6.45) is 4.82. The third-order valence-electron chi connectivity index (χ3n) is 4.42. The summed E-state index contributed by atoms with van der Waals surface area (Å²) in [5, 5.41) is 3.21. The Balaban J connectivity index is 1.73. The maximum absolute atomic E-state index is 12.1. The van der Waals surface area contributed by atoms with Crippen molar-refractivity contribution < 1.29 is 4.74 Å². The molecule has 3 aliphatic rings. The van der Waals surface area contributed by atoms with Gasteiger partial charge in [-0.15, -0.1) is 0 Å². The standard InChI is InChI=1S/C13H17N3O2/c17-13-9-6-14-4-3-10(9)15-12(16-13)8-5-7-1-2-11(8)18-7/h7-8,11,14H,1-6H2,(H,15,16,17). The third kappa shape index (κ3) is 1.54. The summed E-state index contributed by atoms with van der Waals surface area (Å²) >= 11 is 0. The summed E-state index contributed by atoms with van der Waals surface area (Å²) in [5.41, 5.74) is 1.83. The molecule has 5 heteroatoms. The lowest BCUT2D eigenvalue weighted by Crippen LogP contribution is -2.33. The average Bonchev–Trinajstić information content (AvgIpc) is 3.01. The van der Waals surface area contributed by atoms with Crippen molar-refractivity contribution >= 4 is 0 Å². The fourth-order valence-corrected chi connectivity index (χ4v) is 3.47. The quantitative estimate of drug-likeness (QED) is 0.756. The van der Waals surface area contributed by atoms with Crippen LogP contribution in [0.5, 0.6) is 0 Å². The van der Waals surface area contributed by atoms with E-state index in [0.29, 0.717) is 18.6 Å². The number of hydrogen-bond acceptors (Lipinski definition) is 4. The zero-order chi connectivity index (χ0) is 12.1. The van der Waals surface area contributed by atoms with E-state index in [1.54, 1.807) is 0 Å². The number of rotatable bonds is 1. The maximum Gasteiger partial charge on any atom is 0.255 e. The first-order valence-electron chi connectivity index (χ1n) is 6.79. The fourth-order valence-electron chi connectivity index (χ4n) is 3.47. The zero-order valence-electron chi connectivity index (χ0n) is 10.2. The topological polar surface area (TPSA) is 67.0 Å². The first kappa shape index (κ1) is 10.7. The van der Waals surface area contributed by atoms with E-state index in [1.165, 1.54) is 6.42 Å². The summed E-state index contributed by atoms with van der Waals surface area (Å²) in [4.78, 5) is 19.7. The number of ether oxygens (including phenoxy) is 1. The van der Waals surface area contributed by atoms with Gasteiger partial charge in [0.05, 0.1) is 23.5 Å². The van der Waals surface area contributed by atoms with Crippen LogP contribution in [0.25, 0.3) is 0 Å². The van der Waals surface area contributed by atoms with E-state index in [-0.39, 0.29) is 11.7 Å². The van der Waals surface area contributed by atoms with Crippen molar-refractivity contribution in [2.24, 2.45) is 0 Å². The molecule has 0 aromatic carbocycles. The van der Waals surface area contributed by atoms with E-state index < -0.39 is 0 Å². The molecule has 0 aliphatic carbocycles. The summed E-state index contributed by atoms with van der Waals surface area (Å²) in [6.45, 7) is 1.56. The van der Waals surface area contributed by atoms with Gasteiger partial charge in [-0.3, -0.25) is 4.79 Å². The predicted molar refractivity (Wildman–Crippen MR) is 65.5 cm³/mol. The lowest BCUT2D eigenvalue weighted by Gasteiger charge is -2.21. The highest BCUT2D eigenvalue weighted by Crippen LogP contribution is 2.43. The van der Waals surface area contributed by atoms with Crippen molar-refractivity contribution in [2.45, 2.75) is 50.4 Å². The molecule has 1 aromatic rings. The number of aromatic amines is 1. The Kier molecular flexibility index (Phi) is 2.32. The highest BCUT2D eigenvalue weighted by molar-refractivity contribution is 5.22. The van der Waals surface area contributed by atoms with Gasteiger partial charge in [-0.2, -0.15) is 0 Å². The van der Waals surface area contributed by atoms with E-state index in [4.69, 9.17) is 9.72 Å². The third-order valence-corrected chi connectivity index (χ3v) is 4.42. The molecule has 2 saturated heterocycles. The minimum Gasteiger partial charge on any atom is -0.374 e. The van der Waals surface area contributed by atoms with Crippen molar-refractivity contribution in [3.8, 4) is 0 Å². The second-order valence-corrected chi connectivity index (χ2v) is 5.52. The lowest BCUT2D eigenvalue weighted by atomic mass is 9.88. The van der Waals surface area contributed by atoms with Gasteiger partial charge in [0.1, 0.15) is 5.82 Å². The first-order valence-corrected chi connectivity index (χ1v) is 6.79. The minimum atomic E-state index is 0.0324. The molecule has 2 N–H and O–H groups in total. The Labute approximate surface area is 105 Å². The average molecular weight is 247 g/mol. The molecule has 4 rings (SSSR count). The van der Waals surface area contributed by atoms with Gasteiger partial charge in [0, 0.05) is 25.4 Å². The lowest BCUT2D eigenvalue weighted by molar-refractivity contribution is 0.0998. The zero-order valence-corrected chi connectivity index (χ0v) is 10.2. The molecule has 0 amide bonds. The Morgan fingerprint density at radius 2 is 2.28 bits per heavy atom. The van der Waals surface area contributed by atoms with Crippen LogP contribution < -0.4 is 10.9 Å². The van der Waals surface area contributed by atoms with Crippen molar-refractivity contribution in [2.75, 3.05) is 6.54 Å². The van der Waals surface area contributed by atoms with Gasteiger partial charge in [0.2, 0.25) is 0 Å². The molecule has 3 unspecified atom stereocenters. The number of nitrogens with one attached hydrogen (secondary N) is 2. The molecule has 4 heterocycles. The van der Waals surface area contributed by atoms with Crippen LogP contribution in [0.4, 0.5) is 0 Å². The molecular weight excluding hydrogens is 230 g/mol. The normalized spacial score (nSPS) is 33.7. The molecule has 1 aromatic heterocycles. The minimum absolute atomic E-state index is 0.0324. The van der Waals surface area contributed by atoms with Crippen LogP contribution in [0.2, 0.25) is 0 Å². The van der Waals surface area contributed by atoms with Crippen molar-refractivity contribution in [3.63, 3.8) is 0 Å². The van der Waals surface area contributed by atoms with E-state index in [0.717, 1.165) is 42.9 Å². The van der Waals surface area contributed by atoms with Crippen LogP contribution in [0.15, 0.2) is 4.79 Å². The number of fused-ring (bicyclic) bond motifs is 3. The van der Waals surface area contributed by atoms with E-state index >= 15 is 0 Å². The van der Waals surface area contributed by atoms with E-state index in [1.807, 2.05) is 0 Å². The van der Waals surface area contributed by atoms with Crippen molar-refractivity contribution in [1.82, 2.24) is 15.3 Å². The summed E-state index contributed by atoms with van der Waals surface area (Å²) in [7, 11) is 0. The van der Waals surface area contributed by atoms with Crippen LogP contribution in [0, 0.1) is 0 Å². The number of hydrogen-bond donors (Lipinski definition) is 2. The van der Waals surface area contributed by atoms with Crippen LogP contribution >= 0.6 is 0 Å². The highest BCUT2D eigenvalue weighted by atomic mass is 16.5. The predicted octanol–water partition coefficient (Wildman–Crippen LogP) is 0.450. The first-order chi connectivity index (χ1) is 8.81. The molecule has 3 atom stereocenters. The second kappa shape index (κ2) is 3.90. The van der Waals surface area contributed by atoms with Gasteiger partial charge in [-0.1, -0.05) is 0 Å². The molecular formula is C13H17N3O2. The van der Waals surface area contributed by atoms with Crippen LogP contribution in [0.1, 0.15) is 42.3 Å². The van der Waals surface area contributed by atoms with Gasteiger partial charge >= 0.3 is 0 Å². The van der Waals surface area contributed by atoms with E-state index in [2.05, 4.69) is 10.3 Å². The number of nitrogens with zero attached hydrogens (tertiary/aromatic N) is 1. The molecule has 96 valence electrons. The maximum atomic E-state index is 12.1. The van der Waals surface area contributed by atoms with E-state index in [9.17, 15) is 4.79 Å². The highest BCUT2D eigenvalue weighted by Gasteiger charge is 2.42. The SMILES string of the molecule is O=c1[nH]c(C2CC3CCC2O3)nc2c1CNCC2.